The van der Waals surface area contributed by atoms with Crippen molar-refractivity contribution in [3.05, 3.63) is 0 Å². The number of alkyl halides is 3. The lowest BCUT2D eigenvalue weighted by Gasteiger charge is -2.38. The third-order valence-corrected chi connectivity index (χ3v) is 5.24. The molecule has 0 aromatic rings. The lowest BCUT2D eigenvalue weighted by molar-refractivity contribution is -0.0551. The Balaban J connectivity index is 2.44. The monoisotopic (exact) mass is 298 g/mol. The number of hydrogen-bond donors (Lipinski definition) is 2. The Morgan fingerprint density at radius 1 is 1.24 bits per heavy atom. The third-order valence-electron chi connectivity index (χ3n) is 2.45. The fourth-order valence-corrected chi connectivity index (χ4v) is 3.51. The van der Waals surface area contributed by atoms with Gasteiger partial charge in [0.2, 0.25) is 0 Å². The maximum Gasteiger partial charge on any atom is 0.523 e. The van der Waals surface area contributed by atoms with Crippen molar-refractivity contribution in [2.75, 3.05) is 18.1 Å². The standard InChI is InChI=1S/C7H13F3O5S2/c8-7(9,10)17(13,14)15-5-6-1-3-16(11,12)4-2-6/h6,11-12H,1-5H2. The van der Waals surface area contributed by atoms with E-state index in [9.17, 15) is 30.7 Å². The fraction of sp³-hybridized carbons (Fsp3) is 1.00. The van der Waals surface area contributed by atoms with Crippen molar-refractivity contribution in [2.24, 2.45) is 5.92 Å². The van der Waals surface area contributed by atoms with E-state index in [1.165, 1.54) is 0 Å². The molecular formula is C7H13F3O5S2. The van der Waals surface area contributed by atoms with Crippen LogP contribution in [0.25, 0.3) is 0 Å². The van der Waals surface area contributed by atoms with Crippen LogP contribution in [0, 0.1) is 5.92 Å². The average molecular weight is 298 g/mol. The van der Waals surface area contributed by atoms with Crippen LogP contribution in [-0.4, -0.2) is 41.1 Å². The summed E-state index contributed by atoms with van der Waals surface area (Å²) in [7, 11) is -8.17. The quantitative estimate of drug-likeness (QED) is 0.615. The van der Waals surface area contributed by atoms with E-state index in [2.05, 4.69) is 4.18 Å². The molecule has 0 radical (unpaired) electrons. The summed E-state index contributed by atoms with van der Waals surface area (Å²) >= 11 is 0. The second-order valence-electron chi connectivity index (χ2n) is 3.84. The first kappa shape index (κ1) is 15.0. The SMILES string of the molecule is O=S(=O)(OCC1CCS(O)(O)CC1)C(F)(F)F. The van der Waals surface area contributed by atoms with E-state index in [-0.39, 0.29) is 24.3 Å². The van der Waals surface area contributed by atoms with Crippen molar-refractivity contribution in [3.63, 3.8) is 0 Å². The van der Waals surface area contributed by atoms with Gasteiger partial charge in [0.05, 0.1) is 6.61 Å². The summed E-state index contributed by atoms with van der Waals surface area (Å²) in [6.07, 6.45) is 0.491. The Kier molecular flexibility index (Phi) is 4.35. The molecule has 5 nitrogen and oxygen atoms in total. The smallest absolute Gasteiger partial charge is 0.299 e. The molecule has 104 valence electrons. The Morgan fingerprint density at radius 3 is 2.12 bits per heavy atom. The van der Waals surface area contributed by atoms with Gasteiger partial charge in [-0.15, -0.1) is 0 Å². The van der Waals surface area contributed by atoms with Crippen LogP contribution in [0.3, 0.4) is 0 Å². The summed E-state index contributed by atoms with van der Waals surface area (Å²) < 4.78 is 79.3. The molecule has 0 aromatic heterocycles. The van der Waals surface area contributed by atoms with E-state index in [1.807, 2.05) is 0 Å². The molecule has 0 bridgehead atoms. The lowest BCUT2D eigenvalue weighted by Crippen LogP contribution is -2.30. The van der Waals surface area contributed by atoms with Crippen molar-refractivity contribution in [1.82, 2.24) is 0 Å². The van der Waals surface area contributed by atoms with Crippen LogP contribution in [-0.2, 0) is 14.3 Å². The summed E-state index contributed by atoms with van der Waals surface area (Å²) in [4.78, 5) is 0. The normalized spacial score (nSPS) is 24.5. The zero-order valence-corrected chi connectivity index (χ0v) is 10.3. The molecule has 0 aromatic carbocycles. The van der Waals surface area contributed by atoms with Crippen molar-refractivity contribution in [2.45, 2.75) is 18.3 Å². The Bertz CT molecular complexity index is 354. The predicted octanol–water partition coefficient (Wildman–Crippen LogP) is 2.01. The molecule has 1 rings (SSSR count). The van der Waals surface area contributed by atoms with Gasteiger partial charge >= 0.3 is 15.6 Å². The van der Waals surface area contributed by atoms with Crippen LogP contribution in [0.5, 0.6) is 0 Å². The van der Waals surface area contributed by atoms with Crippen LogP contribution < -0.4 is 0 Å². The molecule has 0 spiro atoms. The topological polar surface area (TPSA) is 83.8 Å². The molecule has 10 heteroatoms. The van der Waals surface area contributed by atoms with Gasteiger partial charge in [0, 0.05) is 11.5 Å². The first-order valence-corrected chi connectivity index (χ1v) is 8.02. The van der Waals surface area contributed by atoms with Gasteiger partial charge in [-0.3, -0.25) is 13.3 Å². The predicted molar refractivity (Wildman–Crippen MR) is 56.2 cm³/mol. The zero-order chi connectivity index (χ0) is 13.3. The van der Waals surface area contributed by atoms with Crippen molar-refractivity contribution in [3.8, 4) is 0 Å². The highest BCUT2D eigenvalue weighted by Crippen LogP contribution is 2.45. The Labute approximate surface area is 98.4 Å². The second kappa shape index (κ2) is 4.92. The van der Waals surface area contributed by atoms with Gasteiger partial charge in [0.15, 0.2) is 0 Å². The maximum absolute atomic E-state index is 11.9. The summed E-state index contributed by atoms with van der Waals surface area (Å²) in [6.45, 7) is -0.572. The van der Waals surface area contributed by atoms with Crippen LogP contribution in [0.4, 0.5) is 13.2 Å². The van der Waals surface area contributed by atoms with E-state index in [4.69, 9.17) is 0 Å². The zero-order valence-electron chi connectivity index (χ0n) is 8.68. The molecule has 1 aliphatic rings. The van der Waals surface area contributed by atoms with Gasteiger partial charge in [-0.2, -0.15) is 32.2 Å². The first-order chi connectivity index (χ1) is 7.54. The van der Waals surface area contributed by atoms with E-state index >= 15 is 0 Å². The molecule has 0 unspecified atom stereocenters. The Morgan fingerprint density at radius 2 is 1.71 bits per heavy atom. The van der Waals surface area contributed by atoms with Crippen molar-refractivity contribution < 1.29 is 34.9 Å². The minimum atomic E-state index is -5.54. The molecule has 0 aliphatic carbocycles. The minimum absolute atomic E-state index is 0.0765. The summed E-state index contributed by atoms with van der Waals surface area (Å²) in [5.74, 6) is -0.243. The van der Waals surface area contributed by atoms with Crippen LogP contribution >= 0.6 is 10.6 Å². The molecule has 1 fully saturated rings. The van der Waals surface area contributed by atoms with Crippen LogP contribution in [0.2, 0.25) is 0 Å². The minimum Gasteiger partial charge on any atom is -0.299 e. The lowest BCUT2D eigenvalue weighted by atomic mass is 10.1. The van der Waals surface area contributed by atoms with Gasteiger partial charge in [-0.1, -0.05) is 0 Å². The van der Waals surface area contributed by atoms with E-state index in [0.29, 0.717) is 0 Å². The van der Waals surface area contributed by atoms with Crippen LogP contribution in [0.1, 0.15) is 12.8 Å². The first-order valence-electron chi connectivity index (χ1n) is 4.73. The largest absolute Gasteiger partial charge is 0.523 e. The van der Waals surface area contributed by atoms with Gasteiger partial charge in [0.1, 0.15) is 0 Å². The van der Waals surface area contributed by atoms with E-state index < -0.39 is 38.7 Å². The highest BCUT2D eigenvalue weighted by atomic mass is 32.3. The summed E-state index contributed by atoms with van der Waals surface area (Å²) in [5, 5.41) is 0. The molecule has 1 aliphatic heterocycles. The van der Waals surface area contributed by atoms with Crippen LogP contribution in [0.15, 0.2) is 0 Å². The second-order valence-corrected chi connectivity index (χ2v) is 7.87. The molecule has 0 atom stereocenters. The fourth-order valence-electron chi connectivity index (χ4n) is 1.38. The highest BCUT2D eigenvalue weighted by molar-refractivity contribution is 8.24. The molecular weight excluding hydrogens is 285 g/mol. The third kappa shape index (κ3) is 4.28. The average Bonchev–Trinajstić information content (AvgIpc) is 2.14. The highest BCUT2D eigenvalue weighted by Gasteiger charge is 2.47. The molecule has 17 heavy (non-hydrogen) atoms. The molecule has 2 N–H and O–H groups in total. The van der Waals surface area contributed by atoms with E-state index in [0.717, 1.165) is 0 Å². The number of rotatable bonds is 3. The van der Waals surface area contributed by atoms with Crippen molar-refractivity contribution in [1.29, 1.82) is 0 Å². The van der Waals surface area contributed by atoms with Gasteiger partial charge < -0.3 is 0 Å². The van der Waals surface area contributed by atoms with Gasteiger partial charge in [-0.05, 0) is 18.8 Å². The van der Waals surface area contributed by atoms with E-state index in [1.54, 1.807) is 0 Å². The number of hydrogen-bond acceptors (Lipinski definition) is 5. The van der Waals surface area contributed by atoms with Gasteiger partial charge in [0.25, 0.3) is 0 Å². The number of halogens is 3. The summed E-state index contributed by atoms with van der Waals surface area (Å²) in [5.41, 5.74) is -5.41. The molecule has 1 heterocycles. The van der Waals surface area contributed by atoms with Crippen molar-refractivity contribution >= 4 is 20.7 Å². The molecule has 0 saturated carbocycles. The summed E-state index contributed by atoms with van der Waals surface area (Å²) in [6, 6.07) is 0. The molecule has 1 saturated heterocycles. The maximum atomic E-state index is 11.9. The molecule has 0 amide bonds. The Hall–Kier alpha value is -0.0300. The van der Waals surface area contributed by atoms with Gasteiger partial charge in [-0.25, -0.2) is 0 Å².